The summed E-state index contributed by atoms with van der Waals surface area (Å²) in [5.74, 6) is 0.785. The molecular weight excluding hydrogens is 423 g/mol. The molecule has 0 aliphatic heterocycles. The van der Waals surface area contributed by atoms with Crippen molar-refractivity contribution in [3.63, 3.8) is 0 Å². The van der Waals surface area contributed by atoms with Gasteiger partial charge in [0.05, 0.1) is 11.8 Å². The molecule has 1 amide bonds. The number of pyridine rings is 1. The van der Waals surface area contributed by atoms with Gasteiger partial charge in [-0.1, -0.05) is 41.4 Å². The van der Waals surface area contributed by atoms with E-state index in [4.69, 9.17) is 27.9 Å². The van der Waals surface area contributed by atoms with Gasteiger partial charge in [0.15, 0.2) is 11.4 Å². The Hall–Kier alpha value is -3.09. The quantitative estimate of drug-likeness (QED) is 0.452. The van der Waals surface area contributed by atoms with E-state index in [2.05, 4.69) is 15.5 Å². The lowest BCUT2D eigenvalue weighted by Crippen LogP contribution is -2.26. The van der Waals surface area contributed by atoms with Crippen LogP contribution in [0.15, 0.2) is 61.1 Å². The van der Waals surface area contributed by atoms with Gasteiger partial charge in [0.25, 0.3) is 5.91 Å². The number of nitrogens with one attached hydrogen (secondary N) is 1. The molecule has 0 bridgehead atoms. The third-order valence-corrected chi connectivity index (χ3v) is 5.14. The van der Waals surface area contributed by atoms with Gasteiger partial charge in [-0.25, -0.2) is 0 Å². The largest absolute Gasteiger partial charge is 0.455 e. The number of rotatable bonds is 6. The first-order valence-corrected chi connectivity index (χ1v) is 10.1. The van der Waals surface area contributed by atoms with Crippen LogP contribution >= 0.6 is 23.2 Å². The van der Waals surface area contributed by atoms with Gasteiger partial charge in [-0.15, -0.1) is 10.2 Å². The van der Waals surface area contributed by atoms with E-state index in [-0.39, 0.29) is 5.91 Å². The minimum Gasteiger partial charge on any atom is -0.455 e. The van der Waals surface area contributed by atoms with E-state index in [1.54, 1.807) is 35.1 Å². The maximum absolute atomic E-state index is 12.9. The van der Waals surface area contributed by atoms with Crippen LogP contribution in [0.3, 0.4) is 0 Å². The van der Waals surface area contributed by atoms with Crippen LogP contribution in [0.5, 0.6) is 11.5 Å². The average Bonchev–Trinajstić information content (AvgIpc) is 3.16. The SMILES string of the molecule is Cc1cccc(Oc2cn3cnnc3cc2C(=O)NCCc2ccc(Cl)cc2Cl)c1. The van der Waals surface area contributed by atoms with Crippen molar-refractivity contribution in [3.8, 4) is 11.5 Å². The summed E-state index contributed by atoms with van der Waals surface area (Å²) in [7, 11) is 0. The van der Waals surface area contributed by atoms with Gasteiger partial charge in [0, 0.05) is 16.6 Å². The van der Waals surface area contributed by atoms with Gasteiger partial charge < -0.3 is 10.1 Å². The summed E-state index contributed by atoms with van der Waals surface area (Å²) in [6.45, 7) is 2.38. The van der Waals surface area contributed by atoms with E-state index in [0.29, 0.717) is 45.7 Å². The van der Waals surface area contributed by atoms with Crippen molar-refractivity contribution in [1.82, 2.24) is 19.9 Å². The van der Waals surface area contributed by atoms with E-state index in [1.807, 2.05) is 37.3 Å². The minimum absolute atomic E-state index is 0.270. The molecule has 0 saturated carbocycles. The highest BCUT2D eigenvalue weighted by atomic mass is 35.5. The summed E-state index contributed by atoms with van der Waals surface area (Å²) in [5.41, 5.74) is 2.89. The van der Waals surface area contributed by atoms with Crippen LogP contribution in [-0.2, 0) is 6.42 Å². The van der Waals surface area contributed by atoms with Gasteiger partial charge in [0.2, 0.25) is 0 Å². The summed E-state index contributed by atoms with van der Waals surface area (Å²) < 4.78 is 7.72. The summed E-state index contributed by atoms with van der Waals surface area (Å²) in [6, 6.07) is 14.6. The number of ether oxygens (including phenoxy) is 1. The number of amides is 1. The predicted octanol–water partition coefficient (Wildman–Crippen LogP) is 5.11. The van der Waals surface area contributed by atoms with Crippen LogP contribution in [-0.4, -0.2) is 27.0 Å². The van der Waals surface area contributed by atoms with Gasteiger partial charge in [-0.05, 0) is 54.8 Å². The maximum Gasteiger partial charge on any atom is 0.255 e. The van der Waals surface area contributed by atoms with E-state index >= 15 is 0 Å². The zero-order valence-electron chi connectivity index (χ0n) is 16.1. The molecule has 0 spiro atoms. The highest BCUT2D eigenvalue weighted by Crippen LogP contribution is 2.27. The van der Waals surface area contributed by atoms with Crippen molar-refractivity contribution < 1.29 is 9.53 Å². The fourth-order valence-electron chi connectivity index (χ4n) is 3.05. The molecular formula is C22H18Cl2N4O2. The molecule has 0 unspecified atom stereocenters. The first-order valence-electron chi connectivity index (χ1n) is 9.29. The molecule has 0 aliphatic rings. The number of fused-ring (bicyclic) bond motifs is 1. The third-order valence-electron chi connectivity index (χ3n) is 4.55. The lowest BCUT2D eigenvalue weighted by molar-refractivity contribution is 0.0952. The average molecular weight is 441 g/mol. The zero-order valence-corrected chi connectivity index (χ0v) is 17.6. The highest BCUT2D eigenvalue weighted by molar-refractivity contribution is 6.35. The molecule has 2 heterocycles. The number of aromatic nitrogens is 3. The Morgan fingerprint density at radius 3 is 2.83 bits per heavy atom. The number of carbonyl (C=O) groups excluding carboxylic acids is 1. The van der Waals surface area contributed by atoms with Gasteiger partial charge in [0.1, 0.15) is 12.1 Å². The molecule has 0 fully saturated rings. The first kappa shape index (κ1) is 20.2. The molecule has 0 radical (unpaired) electrons. The molecule has 0 aliphatic carbocycles. The molecule has 30 heavy (non-hydrogen) atoms. The van der Waals surface area contributed by atoms with Crippen LogP contribution in [0.4, 0.5) is 0 Å². The van der Waals surface area contributed by atoms with E-state index < -0.39 is 0 Å². The highest BCUT2D eigenvalue weighted by Gasteiger charge is 2.16. The maximum atomic E-state index is 12.9. The van der Waals surface area contributed by atoms with Crippen molar-refractivity contribution in [3.05, 3.63) is 87.8 Å². The Morgan fingerprint density at radius 2 is 2.03 bits per heavy atom. The normalized spacial score (nSPS) is 10.9. The Morgan fingerprint density at radius 1 is 1.17 bits per heavy atom. The molecule has 8 heteroatoms. The topological polar surface area (TPSA) is 68.5 Å². The van der Waals surface area contributed by atoms with E-state index in [0.717, 1.165) is 11.1 Å². The van der Waals surface area contributed by atoms with Crippen LogP contribution in [0.2, 0.25) is 10.0 Å². The van der Waals surface area contributed by atoms with Crippen molar-refractivity contribution in [2.24, 2.45) is 0 Å². The number of benzene rings is 2. The van der Waals surface area contributed by atoms with Crippen LogP contribution < -0.4 is 10.1 Å². The molecule has 2 aromatic heterocycles. The zero-order chi connectivity index (χ0) is 21.1. The van der Waals surface area contributed by atoms with Gasteiger partial charge in [-0.3, -0.25) is 9.20 Å². The fourth-order valence-corrected chi connectivity index (χ4v) is 3.55. The first-order chi connectivity index (χ1) is 14.5. The Labute approximate surface area is 183 Å². The second-order valence-corrected chi connectivity index (χ2v) is 7.65. The molecule has 1 N–H and O–H groups in total. The molecule has 0 saturated heterocycles. The monoisotopic (exact) mass is 440 g/mol. The lowest BCUT2D eigenvalue weighted by Gasteiger charge is -2.13. The van der Waals surface area contributed by atoms with Crippen molar-refractivity contribution in [2.45, 2.75) is 13.3 Å². The lowest BCUT2D eigenvalue weighted by atomic mass is 10.1. The minimum atomic E-state index is -0.270. The molecule has 4 aromatic rings. The molecule has 6 nitrogen and oxygen atoms in total. The van der Waals surface area contributed by atoms with Crippen LogP contribution in [0.25, 0.3) is 5.65 Å². The summed E-state index contributed by atoms with van der Waals surface area (Å²) in [4.78, 5) is 12.9. The molecule has 0 atom stereocenters. The standard InChI is InChI=1S/C22H18Cl2N4O2/c1-14-3-2-4-17(9-14)30-20-12-28-13-26-27-21(28)11-18(20)22(29)25-8-7-15-5-6-16(23)10-19(15)24/h2-6,9-13H,7-8H2,1H3,(H,25,29). The number of carbonyl (C=O) groups is 1. The molecule has 4 rings (SSSR count). The smallest absolute Gasteiger partial charge is 0.255 e. The van der Waals surface area contributed by atoms with Crippen molar-refractivity contribution in [1.29, 1.82) is 0 Å². The Balaban J connectivity index is 1.54. The van der Waals surface area contributed by atoms with Crippen molar-refractivity contribution in [2.75, 3.05) is 6.54 Å². The molecule has 152 valence electrons. The number of hydrogen-bond acceptors (Lipinski definition) is 4. The second kappa shape index (κ2) is 8.73. The van der Waals surface area contributed by atoms with Gasteiger partial charge >= 0.3 is 0 Å². The third kappa shape index (κ3) is 4.56. The van der Waals surface area contributed by atoms with Crippen LogP contribution in [0.1, 0.15) is 21.5 Å². The second-order valence-electron chi connectivity index (χ2n) is 6.81. The summed E-state index contributed by atoms with van der Waals surface area (Å²) in [6.07, 6.45) is 3.83. The van der Waals surface area contributed by atoms with Gasteiger partial charge in [-0.2, -0.15) is 0 Å². The Kier molecular flexibility index (Phi) is 5.88. The van der Waals surface area contributed by atoms with Crippen LogP contribution in [0, 0.1) is 6.92 Å². The van der Waals surface area contributed by atoms with E-state index in [1.165, 1.54) is 0 Å². The Bertz CT molecular complexity index is 1220. The number of hydrogen-bond donors (Lipinski definition) is 1. The number of halogens is 2. The predicted molar refractivity (Wildman–Crippen MR) is 117 cm³/mol. The fraction of sp³-hybridized carbons (Fsp3) is 0.136. The summed E-state index contributed by atoms with van der Waals surface area (Å²) in [5, 5.41) is 12.0. The summed E-state index contributed by atoms with van der Waals surface area (Å²) >= 11 is 12.1. The number of nitrogens with zero attached hydrogens (tertiary/aromatic N) is 3. The van der Waals surface area contributed by atoms with Crippen molar-refractivity contribution >= 4 is 34.8 Å². The van der Waals surface area contributed by atoms with E-state index in [9.17, 15) is 4.79 Å². The molecule has 2 aromatic carbocycles. The number of aryl methyl sites for hydroxylation is 1.